The van der Waals surface area contributed by atoms with Crippen molar-refractivity contribution in [1.29, 1.82) is 0 Å². The SMILES string of the molecule is CC(O)C1(C)CC1O. The smallest absolute Gasteiger partial charge is 0.0626 e. The second kappa shape index (κ2) is 1.45. The molecule has 48 valence electrons. The third-order valence-electron chi connectivity index (χ3n) is 2.19. The molecule has 2 N–H and O–H groups in total. The Morgan fingerprint density at radius 1 is 1.75 bits per heavy atom. The summed E-state index contributed by atoms with van der Waals surface area (Å²) < 4.78 is 0. The van der Waals surface area contributed by atoms with Crippen LogP contribution in [0.15, 0.2) is 0 Å². The summed E-state index contributed by atoms with van der Waals surface area (Å²) in [7, 11) is 0. The maximum atomic E-state index is 8.96. The third kappa shape index (κ3) is 0.644. The Labute approximate surface area is 49.1 Å². The summed E-state index contributed by atoms with van der Waals surface area (Å²) in [5, 5.41) is 17.9. The number of rotatable bonds is 1. The lowest BCUT2D eigenvalue weighted by Gasteiger charge is -2.10. The zero-order valence-corrected chi connectivity index (χ0v) is 5.26. The second-order valence-electron chi connectivity index (χ2n) is 2.90. The average molecular weight is 116 g/mol. The largest absolute Gasteiger partial charge is 0.393 e. The van der Waals surface area contributed by atoms with Gasteiger partial charge in [-0.05, 0) is 13.3 Å². The monoisotopic (exact) mass is 116 g/mol. The zero-order chi connectivity index (χ0) is 6.36. The number of aliphatic hydroxyl groups is 2. The van der Waals surface area contributed by atoms with Crippen molar-refractivity contribution in [1.82, 2.24) is 0 Å². The highest BCUT2D eigenvalue weighted by Gasteiger charge is 2.52. The minimum absolute atomic E-state index is 0.181. The molecule has 0 spiro atoms. The summed E-state index contributed by atoms with van der Waals surface area (Å²) >= 11 is 0. The highest BCUT2D eigenvalue weighted by atomic mass is 16.3. The van der Waals surface area contributed by atoms with Crippen molar-refractivity contribution in [2.45, 2.75) is 32.5 Å². The molecule has 0 saturated heterocycles. The van der Waals surface area contributed by atoms with E-state index < -0.39 is 0 Å². The molecule has 3 atom stereocenters. The Morgan fingerprint density at radius 3 is 2.12 bits per heavy atom. The van der Waals surface area contributed by atoms with Gasteiger partial charge in [0.2, 0.25) is 0 Å². The van der Waals surface area contributed by atoms with Crippen LogP contribution in [-0.4, -0.2) is 22.4 Å². The van der Waals surface area contributed by atoms with Gasteiger partial charge in [-0.1, -0.05) is 6.92 Å². The predicted octanol–water partition coefficient (Wildman–Crippen LogP) is 0.138. The molecule has 2 heteroatoms. The minimum Gasteiger partial charge on any atom is -0.393 e. The molecule has 0 amide bonds. The van der Waals surface area contributed by atoms with Crippen LogP contribution >= 0.6 is 0 Å². The molecule has 3 unspecified atom stereocenters. The fourth-order valence-corrected chi connectivity index (χ4v) is 0.807. The van der Waals surface area contributed by atoms with Crippen LogP contribution in [0, 0.1) is 5.41 Å². The van der Waals surface area contributed by atoms with Crippen molar-refractivity contribution in [3.05, 3.63) is 0 Å². The summed E-state index contributed by atoms with van der Waals surface area (Å²) in [6.45, 7) is 3.61. The van der Waals surface area contributed by atoms with Gasteiger partial charge < -0.3 is 10.2 Å². The van der Waals surface area contributed by atoms with Gasteiger partial charge in [0.15, 0.2) is 0 Å². The van der Waals surface area contributed by atoms with E-state index in [4.69, 9.17) is 10.2 Å². The Bertz CT molecular complexity index is 101. The van der Waals surface area contributed by atoms with Gasteiger partial charge in [0.05, 0.1) is 12.2 Å². The lowest BCUT2D eigenvalue weighted by molar-refractivity contribution is 0.0847. The Hall–Kier alpha value is -0.0800. The quantitative estimate of drug-likeness (QED) is 0.511. The number of hydrogen-bond acceptors (Lipinski definition) is 2. The topological polar surface area (TPSA) is 40.5 Å². The Kier molecular flexibility index (Phi) is 1.10. The van der Waals surface area contributed by atoms with E-state index in [2.05, 4.69) is 0 Å². The van der Waals surface area contributed by atoms with Crippen molar-refractivity contribution in [2.24, 2.45) is 5.41 Å². The van der Waals surface area contributed by atoms with Crippen molar-refractivity contribution in [3.63, 3.8) is 0 Å². The summed E-state index contributed by atoms with van der Waals surface area (Å²) in [6, 6.07) is 0. The average Bonchev–Trinajstić information content (AvgIpc) is 2.17. The molecule has 2 nitrogen and oxygen atoms in total. The lowest BCUT2D eigenvalue weighted by atomic mass is 10.0. The van der Waals surface area contributed by atoms with Crippen LogP contribution in [0.2, 0.25) is 0 Å². The van der Waals surface area contributed by atoms with Crippen LogP contribution in [0.4, 0.5) is 0 Å². The normalized spacial score (nSPS) is 48.8. The summed E-state index contributed by atoms with van der Waals surface area (Å²) in [6.07, 6.45) is 0.130. The van der Waals surface area contributed by atoms with Gasteiger partial charge in [-0.3, -0.25) is 0 Å². The molecule has 0 bridgehead atoms. The fraction of sp³-hybridized carbons (Fsp3) is 1.00. The van der Waals surface area contributed by atoms with E-state index in [0.29, 0.717) is 0 Å². The van der Waals surface area contributed by atoms with Gasteiger partial charge >= 0.3 is 0 Å². The molecule has 1 aliphatic rings. The van der Waals surface area contributed by atoms with Gasteiger partial charge in [-0.15, -0.1) is 0 Å². The van der Waals surface area contributed by atoms with Crippen LogP contribution in [0.1, 0.15) is 20.3 Å². The molecule has 0 aromatic heterocycles. The molecular formula is C6H12O2. The van der Waals surface area contributed by atoms with Crippen LogP contribution in [0.5, 0.6) is 0 Å². The van der Waals surface area contributed by atoms with Crippen LogP contribution in [0.25, 0.3) is 0 Å². The number of aliphatic hydroxyl groups excluding tert-OH is 2. The first-order chi connectivity index (χ1) is 3.57. The maximum absolute atomic E-state index is 8.96. The molecule has 0 aliphatic heterocycles. The van der Waals surface area contributed by atoms with Crippen LogP contribution in [-0.2, 0) is 0 Å². The van der Waals surface area contributed by atoms with E-state index in [0.717, 1.165) is 6.42 Å². The molecule has 1 aliphatic carbocycles. The molecule has 1 rings (SSSR count). The van der Waals surface area contributed by atoms with E-state index in [1.54, 1.807) is 6.92 Å². The first-order valence-electron chi connectivity index (χ1n) is 2.93. The van der Waals surface area contributed by atoms with Gasteiger partial charge in [0.1, 0.15) is 0 Å². The van der Waals surface area contributed by atoms with Crippen molar-refractivity contribution in [3.8, 4) is 0 Å². The van der Waals surface area contributed by atoms with Gasteiger partial charge in [-0.2, -0.15) is 0 Å². The van der Waals surface area contributed by atoms with E-state index in [-0.39, 0.29) is 17.6 Å². The van der Waals surface area contributed by atoms with Crippen molar-refractivity contribution < 1.29 is 10.2 Å². The standard InChI is InChI=1S/C6H12O2/c1-4(7)6(2)3-5(6)8/h4-5,7-8H,3H2,1-2H3. The molecule has 0 radical (unpaired) electrons. The Balaban J connectivity index is 2.47. The highest BCUT2D eigenvalue weighted by molar-refractivity contribution is 5.02. The molecule has 0 aromatic rings. The molecule has 8 heavy (non-hydrogen) atoms. The van der Waals surface area contributed by atoms with Gasteiger partial charge in [-0.25, -0.2) is 0 Å². The van der Waals surface area contributed by atoms with Gasteiger partial charge in [0.25, 0.3) is 0 Å². The van der Waals surface area contributed by atoms with Crippen molar-refractivity contribution >= 4 is 0 Å². The molecule has 0 aromatic carbocycles. The van der Waals surface area contributed by atoms with Gasteiger partial charge in [0, 0.05) is 5.41 Å². The summed E-state index contributed by atoms with van der Waals surface area (Å²) in [5.74, 6) is 0. The molecular weight excluding hydrogens is 104 g/mol. The first-order valence-corrected chi connectivity index (χ1v) is 2.93. The maximum Gasteiger partial charge on any atom is 0.0626 e. The van der Waals surface area contributed by atoms with E-state index in [1.165, 1.54) is 0 Å². The van der Waals surface area contributed by atoms with E-state index >= 15 is 0 Å². The lowest BCUT2D eigenvalue weighted by Crippen LogP contribution is -2.17. The summed E-state index contributed by atoms with van der Waals surface area (Å²) in [5.41, 5.74) is -0.181. The van der Waals surface area contributed by atoms with Crippen LogP contribution in [0.3, 0.4) is 0 Å². The highest BCUT2D eigenvalue weighted by Crippen LogP contribution is 2.48. The first kappa shape index (κ1) is 6.05. The van der Waals surface area contributed by atoms with E-state index in [1.807, 2.05) is 6.92 Å². The third-order valence-corrected chi connectivity index (χ3v) is 2.19. The fourth-order valence-electron chi connectivity index (χ4n) is 0.807. The molecule has 1 fully saturated rings. The predicted molar refractivity (Wildman–Crippen MR) is 30.4 cm³/mol. The number of hydrogen-bond donors (Lipinski definition) is 2. The Morgan fingerprint density at radius 2 is 2.12 bits per heavy atom. The summed E-state index contributed by atoms with van der Waals surface area (Å²) in [4.78, 5) is 0. The zero-order valence-electron chi connectivity index (χ0n) is 5.26. The molecule has 0 heterocycles. The molecule has 1 saturated carbocycles. The minimum atomic E-state index is -0.363. The van der Waals surface area contributed by atoms with Crippen molar-refractivity contribution in [2.75, 3.05) is 0 Å². The van der Waals surface area contributed by atoms with E-state index in [9.17, 15) is 0 Å². The second-order valence-corrected chi connectivity index (χ2v) is 2.90. The van der Waals surface area contributed by atoms with Crippen LogP contribution < -0.4 is 0 Å².